The third kappa shape index (κ3) is 2.76. The highest BCUT2D eigenvalue weighted by atomic mass is 32.2. The van der Waals surface area contributed by atoms with E-state index in [1.165, 1.54) is 0 Å². The Balaban J connectivity index is 2.40. The fraction of sp³-hybridized carbons (Fsp3) is 0.455. The molecule has 0 amide bonds. The fourth-order valence-electron chi connectivity index (χ4n) is 1.91. The molecule has 1 fully saturated rings. The van der Waals surface area contributed by atoms with Crippen LogP contribution in [0.25, 0.3) is 0 Å². The molecule has 2 rings (SSSR count). The summed E-state index contributed by atoms with van der Waals surface area (Å²) in [6.45, 7) is -0.205. The molecule has 1 unspecified atom stereocenters. The van der Waals surface area contributed by atoms with Gasteiger partial charge in [-0.1, -0.05) is 0 Å². The maximum Gasteiger partial charge on any atom is 0.246 e. The summed E-state index contributed by atoms with van der Waals surface area (Å²) in [7, 11) is -4.12. The van der Waals surface area contributed by atoms with Crippen LogP contribution >= 0.6 is 0 Å². The molecular weight excluding hydrogens is 280 g/mol. The van der Waals surface area contributed by atoms with Crippen LogP contribution in [0.2, 0.25) is 0 Å². The average Bonchev–Trinajstić information content (AvgIpc) is 2.38. The monoisotopic (exact) mass is 293 g/mol. The molecule has 1 aromatic rings. The number of aliphatic hydroxyl groups excluding tert-OH is 1. The summed E-state index contributed by atoms with van der Waals surface area (Å²) in [6.07, 6.45) is 0. The van der Waals surface area contributed by atoms with E-state index >= 15 is 0 Å². The summed E-state index contributed by atoms with van der Waals surface area (Å²) in [4.78, 5) is -0.603. The fourth-order valence-corrected chi connectivity index (χ4v) is 3.54. The maximum atomic E-state index is 13.6. The van der Waals surface area contributed by atoms with Gasteiger partial charge in [-0.2, -0.15) is 4.31 Å². The second kappa shape index (κ2) is 5.49. The van der Waals surface area contributed by atoms with Crippen LogP contribution in [0.15, 0.2) is 23.1 Å². The molecule has 1 aliphatic heterocycles. The first-order chi connectivity index (χ1) is 8.96. The number of benzene rings is 1. The largest absolute Gasteiger partial charge is 0.395 e. The van der Waals surface area contributed by atoms with E-state index in [9.17, 15) is 17.2 Å². The minimum absolute atomic E-state index is 0.0182. The highest BCUT2D eigenvalue weighted by molar-refractivity contribution is 7.89. The summed E-state index contributed by atoms with van der Waals surface area (Å²) >= 11 is 0. The lowest BCUT2D eigenvalue weighted by molar-refractivity contribution is 0.0108. The number of rotatable bonds is 3. The molecule has 1 atom stereocenters. The third-order valence-electron chi connectivity index (χ3n) is 2.86. The van der Waals surface area contributed by atoms with Gasteiger partial charge in [0.2, 0.25) is 10.0 Å². The second-order valence-electron chi connectivity index (χ2n) is 4.10. The van der Waals surface area contributed by atoms with Gasteiger partial charge in [0.25, 0.3) is 0 Å². The van der Waals surface area contributed by atoms with Gasteiger partial charge in [0, 0.05) is 12.6 Å². The molecular formula is C11H13F2NO4S. The van der Waals surface area contributed by atoms with Crippen molar-refractivity contribution in [1.82, 2.24) is 4.31 Å². The van der Waals surface area contributed by atoms with Crippen LogP contribution in [0.1, 0.15) is 0 Å². The van der Waals surface area contributed by atoms with Crippen molar-refractivity contribution in [1.29, 1.82) is 0 Å². The number of hydrogen-bond donors (Lipinski definition) is 1. The third-order valence-corrected chi connectivity index (χ3v) is 4.85. The van der Waals surface area contributed by atoms with Crippen molar-refractivity contribution in [3.8, 4) is 0 Å². The molecule has 0 aliphatic carbocycles. The minimum atomic E-state index is -4.12. The zero-order valence-electron chi connectivity index (χ0n) is 9.92. The van der Waals surface area contributed by atoms with Crippen LogP contribution < -0.4 is 0 Å². The van der Waals surface area contributed by atoms with Gasteiger partial charge in [-0.05, 0) is 12.1 Å². The van der Waals surface area contributed by atoms with Gasteiger partial charge in [-0.3, -0.25) is 0 Å². The van der Waals surface area contributed by atoms with Crippen LogP contribution in [0.3, 0.4) is 0 Å². The molecule has 0 spiro atoms. The van der Waals surface area contributed by atoms with Crippen LogP contribution in [0.5, 0.6) is 0 Å². The zero-order valence-corrected chi connectivity index (χ0v) is 10.7. The SMILES string of the molecule is O=S(=O)(c1ccc(F)cc1F)N1CCOCC1CO. The van der Waals surface area contributed by atoms with Crippen LogP contribution in [0, 0.1) is 11.6 Å². The Morgan fingerprint density at radius 2 is 2.16 bits per heavy atom. The number of halogens is 2. The lowest BCUT2D eigenvalue weighted by Gasteiger charge is -2.33. The first-order valence-corrected chi connectivity index (χ1v) is 7.06. The Labute approximate surface area is 109 Å². The predicted octanol–water partition coefficient (Wildman–Crippen LogP) is 0.347. The molecule has 0 saturated carbocycles. The molecule has 8 heteroatoms. The molecule has 5 nitrogen and oxygen atoms in total. The van der Waals surface area contributed by atoms with E-state index in [1.807, 2.05) is 0 Å². The number of hydrogen-bond acceptors (Lipinski definition) is 4. The quantitative estimate of drug-likeness (QED) is 0.873. The van der Waals surface area contributed by atoms with E-state index in [1.54, 1.807) is 0 Å². The van der Waals surface area contributed by atoms with Crippen LogP contribution in [-0.2, 0) is 14.8 Å². The molecule has 19 heavy (non-hydrogen) atoms. The van der Waals surface area contributed by atoms with Crippen LogP contribution in [-0.4, -0.2) is 50.2 Å². The van der Waals surface area contributed by atoms with Crippen molar-refractivity contribution in [2.75, 3.05) is 26.4 Å². The van der Waals surface area contributed by atoms with Crippen molar-refractivity contribution in [3.63, 3.8) is 0 Å². The highest BCUT2D eigenvalue weighted by Gasteiger charge is 2.35. The van der Waals surface area contributed by atoms with Crippen molar-refractivity contribution < 1.29 is 27.0 Å². The topological polar surface area (TPSA) is 66.8 Å². The Morgan fingerprint density at radius 1 is 1.42 bits per heavy atom. The molecule has 0 aromatic heterocycles. The van der Waals surface area contributed by atoms with Crippen molar-refractivity contribution in [2.45, 2.75) is 10.9 Å². The first-order valence-electron chi connectivity index (χ1n) is 5.62. The highest BCUT2D eigenvalue weighted by Crippen LogP contribution is 2.23. The van der Waals surface area contributed by atoms with Crippen molar-refractivity contribution >= 4 is 10.0 Å². The van der Waals surface area contributed by atoms with Gasteiger partial charge in [-0.25, -0.2) is 17.2 Å². The molecule has 1 saturated heterocycles. The molecule has 1 aliphatic rings. The van der Waals surface area contributed by atoms with Gasteiger partial charge in [-0.15, -0.1) is 0 Å². The smallest absolute Gasteiger partial charge is 0.246 e. The summed E-state index contributed by atoms with van der Waals surface area (Å²) in [6, 6.07) is 1.51. The molecule has 1 N–H and O–H groups in total. The lowest BCUT2D eigenvalue weighted by atomic mass is 10.3. The van der Waals surface area contributed by atoms with E-state index in [0.29, 0.717) is 6.07 Å². The molecule has 0 radical (unpaired) electrons. The van der Waals surface area contributed by atoms with Gasteiger partial charge < -0.3 is 9.84 Å². The number of morpholine rings is 1. The van der Waals surface area contributed by atoms with Crippen molar-refractivity contribution in [2.24, 2.45) is 0 Å². The summed E-state index contributed by atoms with van der Waals surface area (Å²) in [5.74, 6) is -2.00. The normalized spacial score (nSPS) is 21.5. The zero-order chi connectivity index (χ0) is 14.0. The predicted molar refractivity (Wildman–Crippen MR) is 61.9 cm³/mol. The van der Waals surface area contributed by atoms with E-state index in [-0.39, 0.29) is 19.8 Å². The summed E-state index contributed by atoms with van der Waals surface area (Å²) < 4.78 is 57.0. The van der Waals surface area contributed by atoms with E-state index in [4.69, 9.17) is 9.84 Å². The van der Waals surface area contributed by atoms with Crippen molar-refractivity contribution in [3.05, 3.63) is 29.8 Å². The Kier molecular flexibility index (Phi) is 4.14. The average molecular weight is 293 g/mol. The maximum absolute atomic E-state index is 13.6. The standard InChI is InChI=1S/C11H13F2NO4S/c12-8-1-2-11(10(13)5-8)19(16,17)14-3-4-18-7-9(14)6-15/h1-2,5,9,15H,3-4,6-7H2. The second-order valence-corrected chi connectivity index (χ2v) is 5.96. The Hall–Kier alpha value is -1.09. The number of sulfonamides is 1. The number of aliphatic hydroxyl groups is 1. The minimum Gasteiger partial charge on any atom is -0.395 e. The summed E-state index contributed by atoms with van der Waals surface area (Å²) in [5.41, 5.74) is 0. The molecule has 106 valence electrons. The van der Waals surface area contributed by atoms with E-state index in [2.05, 4.69) is 0 Å². The van der Waals surface area contributed by atoms with Crippen LogP contribution in [0.4, 0.5) is 8.78 Å². The van der Waals surface area contributed by atoms with Gasteiger partial charge in [0.05, 0.1) is 25.9 Å². The Bertz CT molecular complexity index is 564. The van der Waals surface area contributed by atoms with Gasteiger partial charge >= 0.3 is 0 Å². The summed E-state index contributed by atoms with van der Waals surface area (Å²) in [5, 5.41) is 9.15. The Morgan fingerprint density at radius 3 is 2.79 bits per heavy atom. The van der Waals surface area contributed by atoms with E-state index < -0.39 is 39.2 Å². The first kappa shape index (κ1) is 14.3. The van der Waals surface area contributed by atoms with E-state index in [0.717, 1.165) is 16.4 Å². The van der Waals surface area contributed by atoms with Gasteiger partial charge in [0.1, 0.15) is 16.5 Å². The number of ether oxygens (including phenoxy) is 1. The molecule has 1 aromatic carbocycles. The lowest BCUT2D eigenvalue weighted by Crippen LogP contribution is -2.50. The number of nitrogens with zero attached hydrogens (tertiary/aromatic N) is 1. The molecule has 0 bridgehead atoms. The molecule has 1 heterocycles. The van der Waals surface area contributed by atoms with Gasteiger partial charge in [0.15, 0.2) is 0 Å².